The molecule has 0 amide bonds. The van der Waals surface area contributed by atoms with Crippen molar-refractivity contribution < 1.29 is 0 Å². The van der Waals surface area contributed by atoms with Crippen LogP contribution in [0.5, 0.6) is 0 Å². The summed E-state index contributed by atoms with van der Waals surface area (Å²) in [5, 5.41) is 1.02. The Morgan fingerprint density at radius 2 is 1.94 bits per heavy atom. The van der Waals surface area contributed by atoms with Crippen molar-refractivity contribution in [3.8, 4) is 11.4 Å². The lowest BCUT2D eigenvalue weighted by Gasteiger charge is -2.01. The highest BCUT2D eigenvalue weighted by Gasteiger charge is 2.01. The molecule has 17 heavy (non-hydrogen) atoms. The number of nitrogens with zero attached hydrogens (tertiary/aromatic N) is 2. The first-order chi connectivity index (χ1) is 8.33. The van der Waals surface area contributed by atoms with E-state index in [1.807, 2.05) is 30.3 Å². The van der Waals surface area contributed by atoms with Crippen molar-refractivity contribution >= 4 is 10.9 Å². The predicted octanol–water partition coefficient (Wildman–Crippen LogP) is 1.99. The molecule has 0 saturated heterocycles. The van der Waals surface area contributed by atoms with Crippen molar-refractivity contribution in [3.05, 3.63) is 59.1 Å². The molecule has 4 heteroatoms. The van der Waals surface area contributed by atoms with Gasteiger partial charge in [0, 0.05) is 29.4 Å². The Labute approximate surface area is 97.0 Å². The Hall–Kier alpha value is -2.49. The average molecular weight is 223 g/mol. The molecule has 82 valence electrons. The topological polar surface area (TPSA) is 58.6 Å². The monoisotopic (exact) mass is 223 g/mol. The van der Waals surface area contributed by atoms with E-state index >= 15 is 0 Å². The second kappa shape index (κ2) is 3.83. The lowest BCUT2D eigenvalue weighted by atomic mass is 10.1. The first-order valence-corrected chi connectivity index (χ1v) is 5.23. The molecule has 0 bridgehead atoms. The zero-order chi connectivity index (χ0) is 11.7. The van der Waals surface area contributed by atoms with Crippen LogP contribution in [0, 0.1) is 0 Å². The fourth-order valence-electron chi connectivity index (χ4n) is 1.74. The van der Waals surface area contributed by atoms with Crippen molar-refractivity contribution in [2.45, 2.75) is 0 Å². The van der Waals surface area contributed by atoms with Gasteiger partial charge in [0.15, 0.2) is 0 Å². The second-order valence-electron chi connectivity index (χ2n) is 3.69. The summed E-state index contributed by atoms with van der Waals surface area (Å²) < 4.78 is 0. The Bertz CT molecular complexity index is 734. The summed E-state index contributed by atoms with van der Waals surface area (Å²) in [5.41, 5.74) is 1.65. The highest BCUT2D eigenvalue weighted by Crippen LogP contribution is 2.19. The van der Waals surface area contributed by atoms with Crippen molar-refractivity contribution in [2.24, 2.45) is 0 Å². The van der Waals surface area contributed by atoms with Crippen LogP contribution in [-0.4, -0.2) is 15.0 Å². The molecule has 4 nitrogen and oxygen atoms in total. The number of H-pyrrole nitrogens is 1. The molecule has 0 unspecified atom stereocenters. The number of aromatic nitrogens is 3. The predicted molar refractivity (Wildman–Crippen MR) is 65.6 cm³/mol. The van der Waals surface area contributed by atoms with Gasteiger partial charge in [-0.25, -0.2) is 4.98 Å². The maximum absolute atomic E-state index is 11.2. The minimum atomic E-state index is -0.152. The van der Waals surface area contributed by atoms with E-state index in [1.165, 1.54) is 12.3 Å². The Morgan fingerprint density at radius 1 is 1.00 bits per heavy atom. The second-order valence-corrected chi connectivity index (χ2v) is 3.69. The SMILES string of the molecule is O=c1ccnc(-c2ccc3ncccc3c2)[nH]1. The van der Waals surface area contributed by atoms with Gasteiger partial charge in [0.25, 0.3) is 5.56 Å². The molecule has 0 radical (unpaired) electrons. The van der Waals surface area contributed by atoms with Gasteiger partial charge in [0.1, 0.15) is 5.82 Å². The fraction of sp³-hybridized carbons (Fsp3) is 0. The molecule has 0 aliphatic carbocycles. The molecule has 2 heterocycles. The van der Waals surface area contributed by atoms with Crippen LogP contribution < -0.4 is 5.56 Å². The number of hydrogen-bond acceptors (Lipinski definition) is 3. The zero-order valence-electron chi connectivity index (χ0n) is 8.92. The summed E-state index contributed by atoms with van der Waals surface area (Å²) in [6.07, 6.45) is 3.26. The minimum absolute atomic E-state index is 0.152. The van der Waals surface area contributed by atoms with E-state index in [0.717, 1.165) is 16.5 Å². The van der Waals surface area contributed by atoms with Gasteiger partial charge < -0.3 is 4.98 Å². The molecule has 0 aliphatic heterocycles. The molecule has 0 spiro atoms. The fourth-order valence-corrected chi connectivity index (χ4v) is 1.74. The molecule has 1 N–H and O–H groups in total. The molecular formula is C13H9N3O. The van der Waals surface area contributed by atoms with Crippen LogP contribution in [0.1, 0.15) is 0 Å². The Kier molecular flexibility index (Phi) is 2.19. The Morgan fingerprint density at radius 3 is 2.82 bits per heavy atom. The number of aromatic amines is 1. The van der Waals surface area contributed by atoms with Crippen LogP contribution in [0.25, 0.3) is 22.3 Å². The molecule has 0 atom stereocenters. The van der Waals surface area contributed by atoms with Gasteiger partial charge in [-0.1, -0.05) is 6.07 Å². The summed E-state index contributed by atoms with van der Waals surface area (Å²) in [4.78, 5) is 22.3. The quantitative estimate of drug-likeness (QED) is 0.686. The van der Waals surface area contributed by atoms with E-state index in [0.29, 0.717) is 5.82 Å². The van der Waals surface area contributed by atoms with Crippen LogP contribution in [0.15, 0.2) is 53.6 Å². The number of fused-ring (bicyclic) bond motifs is 1. The van der Waals surface area contributed by atoms with Gasteiger partial charge in [-0.05, 0) is 24.3 Å². The number of hydrogen-bond donors (Lipinski definition) is 1. The minimum Gasteiger partial charge on any atom is -0.307 e. The van der Waals surface area contributed by atoms with Crippen LogP contribution in [0.3, 0.4) is 0 Å². The molecular weight excluding hydrogens is 214 g/mol. The van der Waals surface area contributed by atoms with Gasteiger partial charge in [-0.2, -0.15) is 0 Å². The number of benzene rings is 1. The summed E-state index contributed by atoms with van der Waals surface area (Å²) in [6, 6.07) is 11.0. The maximum atomic E-state index is 11.2. The third-order valence-corrected chi connectivity index (χ3v) is 2.55. The lowest BCUT2D eigenvalue weighted by Crippen LogP contribution is -2.05. The van der Waals surface area contributed by atoms with E-state index in [4.69, 9.17) is 0 Å². The third kappa shape index (κ3) is 1.80. The number of pyridine rings is 1. The highest BCUT2D eigenvalue weighted by atomic mass is 16.1. The van der Waals surface area contributed by atoms with Crippen molar-refractivity contribution in [2.75, 3.05) is 0 Å². The first kappa shape index (κ1) is 9.72. The molecule has 0 saturated carbocycles. The van der Waals surface area contributed by atoms with Gasteiger partial charge >= 0.3 is 0 Å². The summed E-state index contributed by atoms with van der Waals surface area (Å²) in [7, 11) is 0. The Balaban J connectivity index is 2.21. The van der Waals surface area contributed by atoms with Gasteiger partial charge in [-0.3, -0.25) is 9.78 Å². The third-order valence-electron chi connectivity index (χ3n) is 2.55. The molecule has 3 rings (SSSR count). The van der Waals surface area contributed by atoms with Gasteiger partial charge in [0.2, 0.25) is 0 Å². The van der Waals surface area contributed by atoms with E-state index in [2.05, 4.69) is 15.0 Å². The lowest BCUT2D eigenvalue weighted by molar-refractivity contribution is 1.13. The van der Waals surface area contributed by atoms with Crippen molar-refractivity contribution in [1.82, 2.24) is 15.0 Å². The van der Waals surface area contributed by atoms with Crippen molar-refractivity contribution in [3.63, 3.8) is 0 Å². The van der Waals surface area contributed by atoms with Crippen LogP contribution in [0.4, 0.5) is 0 Å². The standard InChI is InChI=1S/C13H9N3O/c17-12-5-7-15-13(16-12)10-3-4-11-9(8-10)2-1-6-14-11/h1-8H,(H,15,16,17). The number of nitrogens with one attached hydrogen (secondary N) is 1. The van der Waals surface area contributed by atoms with E-state index in [1.54, 1.807) is 6.20 Å². The maximum Gasteiger partial charge on any atom is 0.251 e. The normalized spacial score (nSPS) is 10.6. The average Bonchev–Trinajstić information content (AvgIpc) is 2.38. The van der Waals surface area contributed by atoms with Crippen LogP contribution in [-0.2, 0) is 0 Å². The van der Waals surface area contributed by atoms with Gasteiger partial charge in [0.05, 0.1) is 5.52 Å². The largest absolute Gasteiger partial charge is 0.307 e. The van der Waals surface area contributed by atoms with Crippen LogP contribution in [0.2, 0.25) is 0 Å². The van der Waals surface area contributed by atoms with E-state index in [9.17, 15) is 4.79 Å². The van der Waals surface area contributed by atoms with E-state index in [-0.39, 0.29) is 5.56 Å². The molecule has 3 aromatic rings. The first-order valence-electron chi connectivity index (χ1n) is 5.23. The van der Waals surface area contributed by atoms with Crippen LogP contribution >= 0.6 is 0 Å². The number of rotatable bonds is 1. The van der Waals surface area contributed by atoms with Crippen molar-refractivity contribution in [1.29, 1.82) is 0 Å². The molecule has 0 aliphatic rings. The summed E-state index contributed by atoms with van der Waals surface area (Å²) in [5.74, 6) is 0.572. The molecule has 2 aromatic heterocycles. The van der Waals surface area contributed by atoms with E-state index < -0.39 is 0 Å². The zero-order valence-corrected chi connectivity index (χ0v) is 8.92. The smallest absolute Gasteiger partial charge is 0.251 e. The highest BCUT2D eigenvalue weighted by molar-refractivity contribution is 5.82. The van der Waals surface area contributed by atoms with Gasteiger partial charge in [-0.15, -0.1) is 0 Å². The molecule has 1 aromatic carbocycles. The summed E-state index contributed by atoms with van der Waals surface area (Å²) in [6.45, 7) is 0. The molecule has 0 fully saturated rings. The summed E-state index contributed by atoms with van der Waals surface area (Å²) >= 11 is 0.